The van der Waals surface area contributed by atoms with Crippen LogP contribution < -0.4 is 0 Å². The van der Waals surface area contributed by atoms with Gasteiger partial charge >= 0.3 is 5.97 Å². The molecule has 0 aliphatic carbocycles. The van der Waals surface area contributed by atoms with Gasteiger partial charge in [0.2, 0.25) is 0 Å². The van der Waals surface area contributed by atoms with Gasteiger partial charge in [0.25, 0.3) is 0 Å². The number of hydrogen-bond acceptors (Lipinski definition) is 4. The highest BCUT2D eigenvalue weighted by Gasteiger charge is 2.09. The third kappa shape index (κ3) is 4.09. The van der Waals surface area contributed by atoms with Crippen molar-refractivity contribution in [2.24, 2.45) is 0 Å². The Morgan fingerprint density at radius 3 is 3.00 bits per heavy atom. The Bertz CT molecular complexity index is 378. The topological polar surface area (TPSA) is 85.1 Å². The van der Waals surface area contributed by atoms with Crippen LogP contribution in [0, 0.1) is 0 Å². The number of aryl methyl sites for hydroxylation is 1. The van der Waals surface area contributed by atoms with E-state index in [0.29, 0.717) is 5.82 Å². The summed E-state index contributed by atoms with van der Waals surface area (Å²) in [5.74, 6) is 0.163. The largest absolute Gasteiger partial charge is 0.481 e. The maximum Gasteiger partial charge on any atom is 0.304 e. The molecule has 0 spiro atoms. The SMILES string of the molecule is CCCn1ncnc1CS(=O)CCC(=O)O. The van der Waals surface area contributed by atoms with Crippen LogP contribution in [-0.4, -0.2) is 35.8 Å². The molecule has 1 rings (SSSR count). The van der Waals surface area contributed by atoms with Crippen molar-refractivity contribution in [2.75, 3.05) is 5.75 Å². The Balaban J connectivity index is 2.48. The molecule has 1 N–H and O–H groups in total. The van der Waals surface area contributed by atoms with E-state index >= 15 is 0 Å². The number of carbonyl (C=O) groups is 1. The Morgan fingerprint density at radius 1 is 1.62 bits per heavy atom. The van der Waals surface area contributed by atoms with Crippen LogP contribution in [0.15, 0.2) is 6.33 Å². The Labute approximate surface area is 96.1 Å². The maximum atomic E-state index is 11.5. The summed E-state index contributed by atoms with van der Waals surface area (Å²) < 4.78 is 13.2. The highest BCUT2D eigenvalue weighted by Crippen LogP contribution is 2.02. The van der Waals surface area contributed by atoms with E-state index < -0.39 is 16.8 Å². The van der Waals surface area contributed by atoms with E-state index in [1.165, 1.54) is 6.33 Å². The van der Waals surface area contributed by atoms with Gasteiger partial charge in [0.05, 0.1) is 12.2 Å². The fraction of sp³-hybridized carbons (Fsp3) is 0.667. The molecule has 1 unspecified atom stereocenters. The standard InChI is InChI=1S/C9H15N3O3S/c1-2-4-12-8(10-7-11-12)6-16(15)5-3-9(13)14/h7H,2-6H2,1H3,(H,13,14). The highest BCUT2D eigenvalue weighted by molar-refractivity contribution is 7.84. The van der Waals surface area contributed by atoms with E-state index in [4.69, 9.17) is 5.11 Å². The van der Waals surface area contributed by atoms with E-state index in [1.54, 1.807) is 4.68 Å². The summed E-state index contributed by atoms with van der Waals surface area (Å²) in [6.07, 6.45) is 2.28. The molecule has 0 fully saturated rings. The van der Waals surface area contributed by atoms with Gasteiger partial charge in [-0.1, -0.05) is 6.92 Å². The average molecular weight is 245 g/mol. The lowest BCUT2D eigenvalue weighted by atomic mass is 10.5. The van der Waals surface area contributed by atoms with Crippen LogP contribution in [0.3, 0.4) is 0 Å². The van der Waals surface area contributed by atoms with Crippen LogP contribution in [0.4, 0.5) is 0 Å². The first-order valence-corrected chi connectivity index (χ1v) is 6.55. The van der Waals surface area contributed by atoms with Gasteiger partial charge in [-0.05, 0) is 6.42 Å². The zero-order chi connectivity index (χ0) is 12.0. The zero-order valence-corrected chi connectivity index (χ0v) is 9.94. The van der Waals surface area contributed by atoms with Crippen molar-refractivity contribution < 1.29 is 14.1 Å². The predicted molar refractivity (Wildman–Crippen MR) is 59.3 cm³/mol. The van der Waals surface area contributed by atoms with Gasteiger partial charge in [0, 0.05) is 23.1 Å². The van der Waals surface area contributed by atoms with Crippen molar-refractivity contribution in [3.8, 4) is 0 Å². The molecule has 1 heterocycles. The van der Waals surface area contributed by atoms with Crippen molar-refractivity contribution in [3.05, 3.63) is 12.2 Å². The van der Waals surface area contributed by atoms with Crippen LogP contribution >= 0.6 is 0 Å². The number of carboxylic acids is 1. The summed E-state index contributed by atoms with van der Waals surface area (Å²) in [6.45, 7) is 2.76. The maximum absolute atomic E-state index is 11.5. The smallest absolute Gasteiger partial charge is 0.304 e. The Morgan fingerprint density at radius 2 is 2.38 bits per heavy atom. The predicted octanol–water partition coefficient (Wildman–Crippen LogP) is 0.412. The molecule has 1 aromatic rings. The molecule has 0 aliphatic rings. The number of nitrogens with zero attached hydrogens (tertiary/aromatic N) is 3. The molecule has 0 aromatic carbocycles. The molecule has 0 bridgehead atoms. The quantitative estimate of drug-likeness (QED) is 0.752. The molecule has 0 saturated carbocycles. The molecule has 6 nitrogen and oxygen atoms in total. The van der Waals surface area contributed by atoms with Crippen LogP contribution in [0.1, 0.15) is 25.6 Å². The summed E-state index contributed by atoms with van der Waals surface area (Å²) in [4.78, 5) is 14.3. The molecule has 0 radical (unpaired) electrons. The summed E-state index contributed by atoms with van der Waals surface area (Å²) >= 11 is 0. The first-order chi connectivity index (χ1) is 7.63. The number of aliphatic carboxylic acids is 1. The molecule has 1 aromatic heterocycles. The molecular weight excluding hydrogens is 230 g/mol. The monoisotopic (exact) mass is 245 g/mol. The van der Waals surface area contributed by atoms with Crippen LogP contribution in [-0.2, 0) is 27.9 Å². The van der Waals surface area contributed by atoms with E-state index in [1.807, 2.05) is 6.92 Å². The minimum absolute atomic E-state index is 0.0749. The Kier molecular flexibility index (Phi) is 5.10. The van der Waals surface area contributed by atoms with Gasteiger partial charge in [0.1, 0.15) is 12.2 Å². The van der Waals surface area contributed by atoms with Crippen LogP contribution in [0.2, 0.25) is 0 Å². The molecule has 0 amide bonds. The lowest BCUT2D eigenvalue weighted by Crippen LogP contribution is -2.11. The summed E-state index contributed by atoms with van der Waals surface area (Å²) in [5, 5.41) is 12.5. The lowest BCUT2D eigenvalue weighted by Gasteiger charge is -2.03. The van der Waals surface area contributed by atoms with Gasteiger partial charge < -0.3 is 5.11 Å². The van der Waals surface area contributed by atoms with E-state index in [9.17, 15) is 9.00 Å². The fourth-order valence-corrected chi connectivity index (χ4v) is 2.27. The van der Waals surface area contributed by atoms with Gasteiger partial charge in [0.15, 0.2) is 0 Å². The van der Waals surface area contributed by atoms with Crippen LogP contribution in [0.5, 0.6) is 0 Å². The first kappa shape index (κ1) is 12.8. The number of aromatic nitrogens is 3. The van der Waals surface area contributed by atoms with Gasteiger partial charge in [-0.15, -0.1) is 0 Å². The van der Waals surface area contributed by atoms with Crippen molar-refractivity contribution in [1.82, 2.24) is 14.8 Å². The second-order valence-corrected chi connectivity index (χ2v) is 4.91. The minimum Gasteiger partial charge on any atom is -0.481 e. The minimum atomic E-state index is -1.19. The number of hydrogen-bond donors (Lipinski definition) is 1. The molecule has 0 aliphatic heterocycles. The summed E-state index contributed by atoms with van der Waals surface area (Å²) in [7, 11) is -1.19. The first-order valence-electron chi connectivity index (χ1n) is 5.07. The molecule has 7 heteroatoms. The zero-order valence-electron chi connectivity index (χ0n) is 9.13. The van der Waals surface area contributed by atoms with Gasteiger partial charge in [-0.2, -0.15) is 5.10 Å². The third-order valence-electron chi connectivity index (χ3n) is 1.96. The molecule has 1 atom stereocenters. The number of rotatable bonds is 7. The van der Waals surface area contributed by atoms with Crippen molar-refractivity contribution in [3.63, 3.8) is 0 Å². The van der Waals surface area contributed by atoms with Crippen molar-refractivity contribution in [2.45, 2.75) is 32.1 Å². The summed E-state index contributed by atoms with van der Waals surface area (Å²) in [5.41, 5.74) is 0. The van der Waals surface area contributed by atoms with Gasteiger partial charge in [-0.3, -0.25) is 9.00 Å². The normalized spacial score (nSPS) is 12.6. The van der Waals surface area contributed by atoms with E-state index in [2.05, 4.69) is 10.1 Å². The van der Waals surface area contributed by atoms with E-state index in [0.717, 1.165) is 13.0 Å². The fourth-order valence-electron chi connectivity index (χ4n) is 1.22. The van der Waals surface area contributed by atoms with Gasteiger partial charge in [-0.25, -0.2) is 9.67 Å². The van der Waals surface area contributed by atoms with Crippen LogP contribution in [0.25, 0.3) is 0 Å². The second-order valence-electron chi connectivity index (χ2n) is 3.33. The van der Waals surface area contributed by atoms with E-state index in [-0.39, 0.29) is 17.9 Å². The third-order valence-corrected chi connectivity index (χ3v) is 3.20. The summed E-state index contributed by atoms with van der Waals surface area (Å²) in [6, 6.07) is 0. The average Bonchev–Trinajstić information content (AvgIpc) is 2.63. The second kappa shape index (κ2) is 6.37. The molecule has 0 saturated heterocycles. The lowest BCUT2D eigenvalue weighted by molar-refractivity contribution is -0.136. The molecular formula is C9H15N3O3S. The van der Waals surface area contributed by atoms with Crippen molar-refractivity contribution in [1.29, 1.82) is 0 Å². The van der Waals surface area contributed by atoms with Crippen molar-refractivity contribution >= 4 is 16.8 Å². The molecule has 16 heavy (non-hydrogen) atoms. The Hall–Kier alpha value is -1.24. The number of carboxylic acid groups (broad SMARTS) is 1. The highest BCUT2D eigenvalue weighted by atomic mass is 32.2. The molecule has 90 valence electrons.